The maximum atomic E-state index is 2.51. The van der Waals surface area contributed by atoms with Crippen LogP contribution in [0.3, 0.4) is 0 Å². The van der Waals surface area contributed by atoms with E-state index in [1.165, 1.54) is 35.1 Å². The molecule has 0 saturated heterocycles. The van der Waals surface area contributed by atoms with Crippen molar-refractivity contribution in [2.75, 3.05) is 0 Å². The summed E-state index contributed by atoms with van der Waals surface area (Å²) in [4.78, 5) is 6.40. The van der Waals surface area contributed by atoms with E-state index < -0.39 is 0 Å². The summed E-state index contributed by atoms with van der Waals surface area (Å²) >= 11 is 8.41. The number of rotatable bonds is 6. The van der Waals surface area contributed by atoms with E-state index in [1.807, 2.05) is 0 Å². The van der Waals surface area contributed by atoms with Gasteiger partial charge in [0, 0.05) is 39.7 Å². The monoisotopic (exact) mass is 524 g/mol. The molecular formula is C30H36S4. The Hall–Kier alpha value is -0.940. The van der Waals surface area contributed by atoms with Crippen LogP contribution in [0, 0.1) is 0 Å². The van der Waals surface area contributed by atoms with Crippen molar-refractivity contribution >= 4 is 75.3 Å². The molecule has 0 nitrogen and oxygen atoms in total. The summed E-state index contributed by atoms with van der Waals surface area (Å²) in [7, 11) is 0. The molecule has 0 aliphatic heterocycles. The van der Waals surface area contributed by atoms with E-state index in [0.717, 1.165) is 0 Å². The van der Waals surface area contributed by atoms with E-state index in [4.69, 9.17) is 0 Å². The second-order valence-electron chi connectivity index (χ2n) is 10.9. The Balaban J connectivity index is 1.70. The van der Waals surface area contributed by atoms with Crippen LogP contribution < -0.4 is 0 Å². The predicted octanol–water partition coefficient (Wildman–Crippen LogP) is 11.5. The lowest BCUT2D eigenvalue weighted by atomic mass is 9.72. The highest BCUT2D eigenvalue weighted by atomic mass is 32.1. The number of thiophene rings is 4. The molecule has 0 bridgehead atoms. The summed E-state index contributed by atoms with van der Waals surface area (Å²) in [5.41, 5.74) is 7.21. The van der Waals surface area contributed by atoms with Crippen LogP contribution in [0.1, 0.15) is 124 Å². The smallest absolute Gasteiger partial charge is 0.0501 e. The van der Waals surface area contributed by atoms with Crippen LogP contribution in [0.25, 0.3) is 29.9 Å². The molecule has 0 unspecified atom stereocenters. The zero-order valence-corrected chi connectivity index (χ0v) is 25.0. The van der Waals surface area contributed by atoms with Crippen molar-refractivity contribution < 1.29 is 0 Å². The predicted molar refractivity (Wildman–Crippen MR) is 159 cm³/mol. The Bertz CT molecular complexity index is 1340. The molecule has 0 fully saturated rings. The molecule has 0 atom stereocenters. The van der Waals surface area contributed by atoms with Crippen molar-refractivity contribution in [2.45, 2.75) is 104 Å². The van der Waals surface area contributed by atoms with Gasteiger partial charge in [0.25, 0.3) is 0 Å². The van der Waals surface area contributed by atoms with Crippen molar-refractivity contribution in [1.82, 2.24) is 0 Å². The van der Waals surface area contributed by atoms with Crippen LogP contribution in [0.2, 0.25) is 0 Å². The third-order valence-corrected chi connectivity index (χ3v) is 14.4. The summed E-state index contributed by atoms with van der Waals surface area (Å²) in [5, 5.41) is 0. The summed E-state index contributed by atoms with van der Waals surface area (Å²) < 4.78 is 6.28. The maximum absolute atomic E-state index is 2.51. The van der Waals surface area contributed by atoms with Crippen molar-refractivity contribution in [1.29, 1.82) is 0 Å². The standard InChI is InChI=1S/C30H36S4/c1-9-29(10-2)21-22(28-23(29)25-19(34-28)13-17(31-25)15(5)6)30(11-3,12-4)24-26-20(33-27(21)24)14-18(32-26)16(7)8/h13-16H,9-12H2,1-8H3. The fourth-order valence-electron chi connectivity index (χ4n) is 6.91. The molecule has 0 saturated carbocycles. The first-order chi connectivity index (χ1) is 16.3. The minimum Gasteiger partial charge on any atom is -0.139 e. The fraction of sp³-hybridized carbons (Fsp3) is 0.533. The lowest BCUT2D eigenvalue weighted by Crippen LogP contribution is -2.24. The third kappa shape index (κ3) is 2.64. The first kappa shape index (κ1) is 23.5. The molecule has 0 aromatic carbocycles. The highest BCUT2D eigenvalue weighted by molar-refractivity contribution is 7.30. The molecule has 0 N–H and O–H groups in total. The van der Waals surface area contributed by atoms with E-state index in [1.54, 1.807) is 51.2 Å². The fourth-order valence-corrected chi connectivity index (χ4v) is 12.9. The summed E-state index contributed by atoms with van der Waals surface area (Å²) in [5.74, 6) is 1.21. The topological polar surface area (TPSA) is 0 Å². The van der Waals surface area contributed by atoms with Gasteiger partial charge in [-0.2, -0.15) is 0 Å². The van der Waals surface area contributed by atoms with Gasteiger partial charge in [-0.1, -0.05) is 55.4 Å². The summed E-state index contributed by atoms with van der Waals surface area (Å²) in [6, 6.07) is 5.03. The van der Waals surface area contributed by atoms with Gasteiger partial charge < -0.3 is 0 Å². The quantitative estimate of drug-likeness (QED) is 0.235. The van der Waals surface area contributed by atoms with E-state index in [0.29, 0.717) is 11.8 Å². The Morgan fingerprint density at radius 3 is 1.24 bits per heavy atom. The number of allylic oxidation sites excluding steroid dienone is 2. The van der Waals surface area contributed by atoms with Gasteiger partial charge in [-0.05, 0) is 71.9 Å². The largest absolute Gasteiger partial charge is 0.139 e. The van der Waals surface area contributed by atoms with Gasteiger partial charge in [0.05, 0.1) is 9.40 Å². The molecule has 0 spiro atoms. The van der Waals surface area contributed by atoms with Crippen molar-refractivity contribution in [3.05, 3.63) is 42.8 Å². The van der Waals surface area contributed by atoms with Gasteiger partial charge in [-0.15, -0.1) is 45.3 Å². The Morgan fingerprint density at radius 2 is 0.941 bits per heavy atom. The van der Waals surface area contributed by atoms with Crippen molar-refractivity contribution in [3.63, 3.8) is 0 Å². The number of hydrogen-bond acceptors (Lipinski definition) is 4. The van der Waals surface area contributed by atoms with Crippen molar-refractivity contribution in [3.8, 4) is 0 Å². The average Bonchev–Trinajstić information content (AvgIpc) is 3.59. The van der Waals surface area contributed by atoms with Gasteiger partial charge in [0.2, 0.25) is 0 Å². The third-order valence-electron chi connectivity index (χ3n) is 8.94. The first-order valence-corrected chi connectivity index (χ1v) is 16.4. The van der Waals surface area contributed by atoms with E-state index in [9.17, 15) is 0 Å². The van der Waals surface area contributed by atoms with E-state index in [-0.39, 0.29) is 10.8 Å². The Labute approximate surface area is 220 Å². The van der Waals surface area contributed by atoms with Gasteiger partial charge in [-0.25, -0.2) is 0 Å². The molecule has 34 heavy (non-hydrogen) atoms. The SMILES string of the molecule is CCC1(CC)C2=C(c3sc4cc(C(C)C)sc4c31)C(CC)(CC)c1c2sc2cc(C(C)C)sc12. The minimum absolute atomic E-state index is 0.163. The summed E-state index contributed by atoms with van der Waals surface area (Å²) in [6.07, 6.45) is 4.79. The van der Waals surface area contributed by atoms with Gasteiger partial charge in [0.15, 0.2) is 0 Å². The van der Waals surface area contributed by atoms with E-state index >= 15 is 0 Å². The Kier molecular flexibility index (Phi) is 5.37. The van der Waals surface area contributed by atoms with Crippen molar-refractivity contribution in [2.24, 2.45) is 0 Å². The van der Waals surface area contributed by atoms with Crippen LogP contribution in [-0.4, -0.2) is 0 Å². The van der Waals surface area contributed by atoms with Gasteiger partial charge in [0.1, 0.15) is 0 Å². The molecule has 0 amide bonds. The zero-order chi connectivity index (χ0) is 24.2. The minimum atomic E-state index is 0.163. The highest BCUT2D eigenvalue weighted by Gasteiger charge is 2.57. The van der Waals surface area contributed by atoms with Crippen LogP contribution in [-0.2, 0) is 10.8 Å². The second-order valence-corrected chi connectivity index (χ2v) is 15.2. The molecule has 2 aliphatic rings. The number of fused-ring (bicyclic) bond motifs is 8. The molecule has 0 radical (unpaired) electrons. The summed E-state index contributed by atoms with van der Waals surface area (Å²) in [6.45, 7) is 19.2. The molecule has 180 valence electrons. The van der Waals surface area contributed by atoms with E-state index in [2.05, 4.69) is 113 Å². The zero-order valence-electron chi connectivity index (χ0n) is 21.8. The van der Waals surface area contributed by atoms with Crippen LogP contribution in [0.4, 0.5) is 0 Å². The first-order valence-electron chi connectivity index (χ1n) is 13.2. The van der Waals surface area contributed by atoms with Gasteiger partial charge >= 0.3 is 0 Å². The highest BCUT2D eigenvalue weighted by Crippen LogP contribution is 2.72. The normalized spacial score (nSPS) is 18.2. The molecular weight excluding hydrogens is 489 g/mol. The lowest BCUT2D eigenvalue weighted by Gasteiger charge is -2.31. The second kappa shape index (κ2) is 7.78. The Morgan fingerprint density at radius 1 is 0.588 bits per heavy atom. The van der Waals surface area contributed by atoms with Crippen LogP contribution in [0.5, 0.6) is 0 Å². The molecule has 4 heteroatoms. The lowest BCUT2D eigenvalue weighted by molar-refractivity contribution is 0.527. The molecule has 2 aliphatic carbocycles. The maximum Gasteiger partial charge on any atom is 0.0501 e. The van der Waals surface area contributed by atoms with Crippen LogP contribution in [0.15, 0.2) is 12.1 Å². The molecule has 4 heterocycles. The van der Waals surface area contributed by atoms with Gasteiger partial charge in [-0.3, -0.25) is 0 Å². The molecule has 4 aromatic rings. The number of hydrogen-bond donors (Lipinski definition) is 0. The average molecular weight is 525 g/mol. The molecule has 4 aromatic heterocycles. The molecule has 6 rings (SSSR count). The van der Waals surface area contributed by atoms with Crippen LogP contribution >= 0.6 is 45.3 Å².